The van der Waals surface area contributed by atoms with Crippen LogP contribution in [0.4, 0.5) is 37.7 Å². The van der Waals surface area contributed by atoms with Crippen LogP contribution in [-0.4, -0.2) is 115 Å². The number of nitrogens with zero attached hydrogens (tertiary/aromatic N) is 8. The van der Waals surface area contributed by atoms with Crippen molar-refractivity contribution in [2.45, 2.75) is 63.8 Å². The lowest BCUT2D eigenvalue weighted by atomic mass is 10.2. The molecule has 6 rings (SSSR count). The van der Waals surface area contributed by atoms with Crippen molar-refractivity contribution in [1.29, 1.82) is 0 Å². The van der Waals surface area contributed by atoms with Crippen molar-refractivity contribution in [3.8, 4) is 0 Å². The van der Waals surface area contributed by atoms with Gasteiger partial charge in [-0.15, -0.1) is 0 Å². The molecule has 3 N–H and O–H groups in total. The number of alkyl halides is 6. The minimum Gasteiger partial charge on any atom is -0.477 e. The highest BCUT2D eigenvalue weighted by molar-refractivity contribution is 9.11. The van der Waals surface area contributed by atoms with Crippen molar-refractivity contribution in [3.63, 3.8) is 0 Å². The number of carbonyl (C=O) groups is 8. The summed E-state index contributed by atoms with van der Waals surface area (Å²) in [5, 5.41) is 25.6. The molecule has 0 unspecified atom stereocenters. The van der Waals surface area contributed by atoms with Crippen LogP contribution in [0.5, 0.6) is 0 Å². The molecule has 0 spiro atoms. The molecule has 0 radical (unpaired) electrons. The first kappa shape index (κ1) is 88.2. The minimum absolute atomic E-state index is 0. The summed E-state index contributed by atoms with van der Waals surface area (Å²) in [4.78, 5) is 112. The van der Waals surface area contributed by atoms with E-state index in [2.05, 4.69) is 133 Å². The lowest BCUT2D eigenvalue weighted by Gasteiger charge is -2.05. The molecule has 6 aromatic heterocycles. The van der Waals surface area contributed by atoms with Gasteiger partial charge in [-0.3, -0.25) is 19.6 Å². The van der Waals surface area contributed by atoms with Crippen LogP contribution in [-0.2, 0) is 14.2 Å². The van der Waals surface area contributed by atoms with Crippen LogP contribution >= 0.6 is 79.6 Å². The van der Waals surface area contributed by atoms with Crippen LogP contribution in [0.3, 0.4) is 0 Å². The van der Waals surface area contributed by atoms with Gasteiger partial charge < -0.3 is 29.5 Å². The SMILES string of the molecule is C.C.C.C.C.C.COC(=O)c1ncc(Br)cc1C(F)F.COC(=O)c1ncc(Br)cc1C=O.O=C(O)c1ncc(Br)cc1Br.O=Cc1cc(Br)cnc1C(=O)O.[C-]#[N+]c1cnc(C(=O)O)c(C(F)F)c1.[C-]#[N+]c1cnc(C(=O)OC)c(C(F)F)c1. The number of ether oxygens (including phenoxy) is 3. The number of carboxylic acid groups (broad SMARTS) is 3. The molecule has 0 fully saturated rings. The summed E-state index contributed by atoms with van der Waals surface area (Å²) >= 11 is 15.4. The summed E-state index contributed by atoms with van der Waals surface area (Å²) < 4.78 is 90.3. The average molecular weight is 1530 g/mol. The lowest BCUT2D eigenvalue weighted by Crippen LogP contribution is -2.08. The van der Waals surface area contributed by atoms with E-state index in [1.165, 1.54) is 44.0 Å². The predicted molar refractivity (Wildman–Crippen MR) is 317 cm³/mol. The van der Waals surface area contributed by atoms with Crippen LogP contribution in [0.15, 0.2) is 95.9 Å². The van der Waals surface area contributed by atoms with E-state index in [1.54, 1.807) is 6.07 Å². The van der Waals surface area contributed by atoms with Gasteiger partial charge in [-0.25, -0.2) is 84.7 Å². The average Bonchev–Trinajstić information content (AvgIpc) is 3.49. The Morgan fingerprint density at radius 2 is 0.706 bits per heavy atom. The number of hydrogen-bond donors (Lipinski definition) is 3. The maximum atomic E-state index is 12.5. The summed E-state index contributed by atoms with van der Waals surface area (Å²) in [6.07, 6.45) is -0.0986. The topological polar surface area (TPSA) is 311 Å². The number of aromatic nitrogens is 6. The van der Waals surface area contributed by atoms with Crippen molar-refractivity contribution in [2.75, 3.05) is 21.3 Å². The largest absolute Gasteiger partial charge is 0.477 e. The molecule has 0 amide bonds. The second-order valence-electron chi connectivity index (χ2n) is 13.3. The first-order valence-electron chi connectivity index (χ1n) is 19.9. The van der Waals surface area contributed by atoms with E-state index in [0.717, 1.165) is 49.3 Å². The predicted octanol–water partition coefficient (Wildman–Crippen LogP) is 16.1. The second kappa shape index (κ2) is 44.5. The summed E-state index contributed by atoms with van der Waals surface area (Å²) in [5.41, 5.74) is -3.34. The Bertz CT molecular complexity index is 3310. The van der Waals surface area contributed by atoms with Gasteiger partial charge in [-0.1, -0.05) is 44.6 Å². The molecule has 22 nitrogen and oxygen atoms in total. The minimum atomic E-state index is -2.95. The first-order valence-corrected chi connectivity index (χ1v) is 23.8. The van der Waals surface area contributed by atoms with E-state index in [-0.39, 0.29) is 89.8 Å². The zero-order valence-electron chi connectivity index (χ0n) is 39.4. The van der Waals surface area contributed by atoms with Gasteiger partial charge in [-0.05, 0) is 116 Å². The van der Waals surface area contributed by atoms with Gasteiger partial charge in [0.25, 0.3) is 19.3 Å². The van der Waals surface area contributed by atoms with Crippen molar-refractivity contribution in [3.05, 3.63) is 181 Å². The highest BCUT2D eigenvalue weighted by atomic mass is 79.9. The number of carbonyl (C=O) groups excluding carboxylic acids is 5. The molecular weight excluding hydrogens is 1470 g/mol. The number of pyridine rings is 6. The fourth-order valence-electron chi connectivity index (χ4n) is 4.84. The number of aldehydes is 2. The molecule has 0 aliphatic heterocycles. The fraction of sp³-hybridized carbons (Fsp3) is 0.231. The number of halogens is 11. The smallest absolute Gasteiger partial charge is 0.357 e. The molecular formula is C52H53Br5F6N8O14. The maximum Gasteiger partial charge on any atom is 0.357 e. The second-order valence-corrected chi connectivity index (χ2v) is 17.8. The van der Waals surface area contributed by atoms with Crippen LogP contribution in [0.2, 0.25) is 0 Å². The van der Waals surface area contributed by atoms with E-state index < -0.39 is 83.2 Å². The summed E-state index contributed by atoms with van der Waals surface area (Å²) in [6, 6.07) is 7.45. The van der Waals surface area contributed by atoms with Gasteiger partial charge >= 0.3 is 35.8 Å². The van der Waals surface area contributed by atoms with Gasteiger partial charge in [0.2, 0.25) is 11.4 Å². The van der Waals surface area contributed by atoms with E-state index in [9.17, 15) is 64.7 Å². The number of hydrogen-bond acceptors (Lipinski definition) is 17. The van der Waals surface area contributed by atoms with E-state index >= 15 is 0 Å². The third kappa shape index (κ3) is 28.9. The van der Waals surface area contributed by atoms with Crippen LogP contribution in [0, 0.1) is 13.1 Å². The number of methoxy groups -OCH3 is 3. The number of aromatic carboxylic acids is 3. The van der Waals surface area contributed by atoms with Crippen molar-refractivity contribution >= 4 is 139 Å². The summed E-state index contributed by atoms with van der Waals surface area (Å²) in [7, 11) is 3.42. The van der Waals surface area contributed by atoms with Crippen molar-refractivity contribution < 1.29 is 94.2 Å². The molecule has 85 heavy (non-hydrogen) atoms. The van der Waals surface area contributed by atoms with Gasteiger partial charge in [0.15, 0.2) is 46.7 Å². The van der Waals surface area contributed by atoms with E-state index in [0.29, 0.717) is 30.5 Å². The molecule has 6 aromatic rings. The lowest BCUT2D eigenvalue weighted by molar-refractivity contribution is 0.0574. The Labute approximate surface area is 526 Å². The summed E-state index contributed by atoms with van der Waals surface area (Å²) in [6.45, 7) is 13.2. The fourth-order valence-corrected chi connectivity index (χ4v) is 7.04. The van der Waals surface area contributed by atoms with Crippen molar-refractivity contribution in [1.82, 2.24) is 29.9 Å². The molecule has 0 saturated carbocycles. The summed E-state index contributed by atoms with van der Waals surface area (Å²) in [5.74, 6) is -6.20. The highest BCUT2D eigenvalue weighted by Crippen LogP contribution is 2.28. The Kier molecular flexibility index (Phi) is 46.2. The van der Waals surface area contributed by atoms with Crippen molar-refractivity contribution in [2.24, 2.45) is 0 Å². The Morgan fingerprint density at radius 1 is 0.435 bits per heavy atom. The van der Waals surface area contributed by atoms with E-state index in [4.69, 9.17) is 28.5 Å². The molecule has 33 heteroatoms. The van der Waals surface area contributed by atoms with Gasteiger partial charge in [0.05, 0.1) is 44.5 Å². The van der Waals surface area contributed by atoms with Gasteiger partial charge in [0, 0.05) is 77.3 Å². The maximum absolute atomic E-state index is 12.5. The van der Waals surface area contributed by atoms with Gasteiger partial charge in [-0.2, -0.15) is 0 Å². The zero-order valence-corrected chi connectivity index (χ0v) is 47.3. The quantitative estimate of drug-likeness (QED) is 0.0357. The Morgan fingerprint density at radius 3 is 1.04 bits per heavy atom. The zero-order chi connectivity index (χ0) is 60.3. The van der Waals surface area contributed by atoms with Crippen LogP contribution in [0.25, 0.3) is 9.69 Å². The monoisotopic (exact) mass is 1520 g/mol. The first-order chi connectivity index (χ1) is 37.2. The third-order valence-corrected chi connectivity index (χ3v) is 10.6. The molecule has 0 aromatic carbocycles. The molecule has 6 heterocycles. The number of esters is 3. The molecule has 0 bridgehead atoms. The molecule has 0 aliphatic rings. The van der Waals surface area contributed by atoms with Gasteiger partial charge in [0.1, 0.15) is 0 Å². The normalized spacial score (nSPS) is 9.07. The standard InChI is InChI=1S/C9H6F2N2O2.C8H6BrF2NO2.C8H6BrNO3.C8H4F2N2O2.C7H4BrNO3.C6H3Br2NO2.6CH4/c1-12-5-3-6(8(10)11)7(13-4-5)9(14)15-2;1-14-8(13)6-5(7(10)11)2-4(9)3-12-6;1-13-8(12)7-5(4-11)2-6(9)3-10-7;1-11-4-2-5(7(9)10)6(8(13)14)12-3-4;8-5-1-4(3-10)6(7(11)12)9-2-5;7-3-1-4(8)5(6(10)11)9-2-3;;;;;;/h3-4,8H,2H3;2-3,7H,1H3;2-4H,1H3;2-3,7H,(H,13,14);1-3H,(H,11,12);1-2H,(H,10,11);6*1H4. The number of rotatable bonds is 11. The number of carboxylic acids is 3. The molecule has 462 valence electrons. The molecule has 0 aliphatic carbocycles. The Hall–Kier alpha value is -7.98. The molecule has 0 saturated heterocycles. The highest BCUT2D eigenvalue weighted by Gasteiger charge is 2.23. The third-order valence-electron chi connectivity index (χ3n) is 8.23. The molecule has 0 atom stereocenters. The Balaban J connectivity index is -0.000000218. The van der Waals surface area contributed by atoms with Crippen LogP contribution in [0.1, 0.15) is 164 Å². The van der Waals surface area contributed by atoms with E-state index in [1.807, 2.05) is 0 Å². The van der Waals surface area contributed by atoms with Crippen LogP contribution < -0.4 is 0 Å².